The molecular formula is C11H18N4O2S. The van der Waals surface area contributed by atoms with Gasteiger partial charge in [0.2, 0.25) is 0 Å². The topological polar surface area (TPSA) is 71.3 Å². The fourth-order valence-corrected chi connectivity index (χ4v) is 2.80. The monoisotopic (exact) mass is 270 g/mol. The average molecular weight is 270 g/mol. The van der Waals surface area contributed by atoms with Crippen molar-refractivity contribution in [1.29, 1.82) is 0 Å². The minimum absolute atomic E-state index is 0.0877. The Morgan fingerprint density at radius 2 is 2.33 bits per heavy atom. The second-order valence-corrected chi connectivity index (χ2v) is 5.76. The Kier molecular flexibility index (Phi) is 4.48. The molecule has 0 aliphatic carbocycles. The van der Waals surface area contributed by atoms with Crippen LogP contribution >= 0.6 is 11.3 Å². The summed E-state index contributed by atoms with van der Waals surface area (Å²) in [7, 11) is 0. The molecule has 18 heavy (non-hydrogen) atoms. The molecule has 0 bridgehead atoms. The molecule has 0 spiro atoms. The minimum Gasteiger partial charge on any atom is -0.361 e. The molecule has 1 fully saturated rings. The number of nitro groups is 1. The molecule has 0 aromatic carbocycles. The van der Waals surface area contributed by atoms with Crippen LogP contribution in [-0.2, 0) is 0 Å². The molecule has 1 saturated heterocycles. The second-order valence-electron chi connectivity index (χ2n) is 4.75. The number of hydrogen-bond donors (Lipinski definition) is 1. The van der Waals surface area contributed by atoms with E-state index in [9.17, 15) is 10.1 Å². The van der Waals surface area contributed by atoms with E-state index in [0.717, 1.165) is 24.4 Å². The minimum atomic E-state index is -0.406. The van der Waals surface area contributed by atoms with Crippen LogP contribution in [0.5, 0.6) is 0 Å². The lowest BCUT2D eigenvalue weighted by Gasteiger charge is -2.20. The third kappa shape index (κ3) is 3.64. The fourth-order valence-electron chi connectivity index (χ4n) is 2.16. The summed E-state index contributed by atoms with van der Waals surface area (Å²) >= 11 is 1.09. The molecule has 1 N–H and O–H groups in total. The molecule has 100 valence electrons. The smallest absolute Gasteiger partial charge is 0.345 e. The van der Waals surface area contributed by atoms with Crippen molar-refractivity contribution in [2.45, 2.75) is 19.8 Å². The Balaban J connectivity index is 1.74. The van der Waals surface area contributed by atoms with Gasteiger partial charge in [0, 0.05) is 13.1 Å². The summed E-state index contributed by atoms with van der Waals surface area (Å²) in [6.45, 7) is 6.48. The van der Waals surface area contributed by atoms with Gasteiger partial charge in [0.1, 0.15) is 6.20 Å². The third-order valence-corrected chi connectivity index (χ3v) is 3.95. The van der Waals surface area contributed by atoms with E-state index in [2.05, 4.69) is 22.1 Å². The van der Waals surface area contributed by atoms with Gasteiger partial charge in [-0.05, 0) is 43.2 Å². The number of aromatic nitrogens is 1. The Hall–Kier alpha value is -1.21. The lowest BCUT2D eigenvalue weighted by molar-refractivity contribution is -0.380. The summed E-state index contributed by atoms with van der Waals surface area (Å²) < 4.78 is 0. The Morgan fingerprint density at radius 3 is 2.94 bits per heavy atom. The number of thiazole rings is 1. The molecule has 1 aliphatic rings. The predicted octanol–water partition coefficient (Wildman–Crippen LogP) is 2.20. The first-order valence-electron chi connectivity index (χ1n) is 6.21. The van der Waals surface area contributed by atoms with Gasteiger partial charge in [0.15, 0.2) is 5.13 Å². The molecule has 2 heterocycles. The Bertz CT molecular complexity index is 404. The highest BCUT2D eigenvalue weighted by molar-refractivity contribution is 7.18. The maximum absolute atomic E-state index is 10.5. The molecule has 0 amide bonds. The fraction of sp³-hybridized carbons (Fsp3) is 0.727. The highest BCUT2D eigenvalue weighted by Gasteiger charge is 2.15. The Morgan fingerprint density at radius 1 is 1.61 bits per heavy atom. The van der Waals surface area contributed by atoms with Crippen LogP contribution < -0.4 is 5.32 Å². The third-order valence-electron chi connectivity index (χ3n) is 3.04. The maximum atomic E-state index is 10.5. The van der Waals surface area contributed by atoms with Crippen LogP contribution in [0.1, 0.15) is 19.8 Å². The zero-order valence-electron chi connectivity index (χ0n) is 10.5. The van der Waals surface area contributed by atoms with E-state index in [1.165, 1.54) is 32.1 Å². The van der Waals surface area contributed by atoms with Crippen LogP contribution in [0.4, 0.5) is 10.1 Å². The summed E-state index contributed by atoms with van der Waals surface area (Å²) in [4.78, 5) is 16.6. The molecular weight excluding hydrogens is 252 g/mol. The van der Waals surface area contributed by atoms with Crippen molar-refractivity contribution in [1.82, 2.24) is 9.88 Å². The molecule has 6 nitrogen and oxygen atoms in total. The molecule has 0 saturated carbocycles. The van der Waals surface area contributed by atoms with Gasteiger partial charge >= 0.3 is 5.00 Å². The van der Waals surface area contributed by atoms with E-state index in [1.54, 1.807) is 0 Å². The van der Waals surface area contributed by atoms with Crippen molar-refractivity contribution < 1.29 is 4.92 Å². The first-order valence-corrected chi connectivity index (χ1v) is 7.03. The SMILES string of the molecule is CC(CNc1ncc([N+](=O)[O-])s1)CN1CCCC1. The molecule has 1 unspecified atom stereocenters. The van der Waals surface area contributed by atoms with Gasteiger partial charge in [-0.25, -0.2) is 4.98 Å². The van der Waals surface area contributed by atoms with Gasteiger partial charge in [-0.15, -0.1) is 0 Å². The lowest BCUT2D eigenvalue weighted by atomic mass is 10.2. The number of nitrogens with one attached hydrogen (secondary N) is 1. The Labute approximate surface area is 110 Å². The number of anilines is 1. The summed E-state index contributed by atoms with van der Waals surface area (Å²) in [6.07, 6.45) is 3.91. The number of hydrogen-bond acceptors (Lipinski definition) is 6. The van der Waals surface area contributed by atoms with Crippen LogP contribution in [0, 0.1) is 16.0 Å². The summed E-state index contributed by atoms with van der Waals surface area (Å²) in [5.41, 5.74) is 0. The van der Waals surface area contributed by atoms with Crippen molar-refractivity contribution in [3.8, 4) is 0 Å². The van der Waals surface area contributed by atoms with Crippen molar-refractivity contribution in [2.75, 3.05) is 31.5 Å². The van der Waals surface area contributed by atoms with Crippen molar-refractivity contribution in [3.05, 3.63) is 16.3 Å². The molecule has 1 aromatic heterocycles. The first kappa shape index (κ1) is 13.2. The van der Waals surface area contributed by atoms with Gasteiger partial charge in [-0.1, -0.05) is 6.92 Å². The summed E-state index contributed by atoms with van der Waals surface area (Å²) in [5.74, 6) is 0.519. The molecule has 1 aromatic rings. The van der Waals surface area contributed by atoms with Crippen molar-refractivity contribution in [2.24, 2.45) is 5.92 Å². The zero-order valence-corrected chi connectivity index (χ0v) is 11.3. The quantitative estimate of drug-likeness (QED) is 0.633. The largest absolute Gasteiger partial charge is 0.361 e. The first-order chi connectivity index (χ1) is 8.65. The van der Waals surface area contributed by atoms with E-state index in [-0.39, 0.29) is 5.00 Å². The van der Waals surface area contributed by atoms with Crippen LogP contribution in [0.15, 0.2) is 6.20 Å². The van der Waals surface area contributed by atoms with Crippen LogP contribution in [0.25, 0.3) is 0 Å². The molecule has 1 aliphatic heterocycles. The van der Waals surface area contributed by atoms with Gasteiger partial charge in [-0.2, -0.15) is 0 Å². The normalized spacial score (nSPS) is 17.8. The number of likely N-dealkylation sites (tertiary alicyclic amines) is 1. The highest BCUT2D eigenvalue weighted by Crippen LogP contribution is 2.25. The van der Waals surface area contributed by atoms with Gasteiger partial charge in [0.25, 0.3) is 0 Å². The van der Waals surface area contributed by atoms with Crippen molar-refractivity contribution >= 4 is 21.5 Å². The molecule has 1 atom stereocenters. The maximum Gasteiger partial charge on any atom is 0.345 e. The standard InChI is InChI=1S/C11H18N4O2S/c1-9(8-14-4-2-3-5-14)6-12-11-13-7-10(18-11)15(16)17/h7,9H,2-6,8H2,1H3,(H,12,13). The number of nitrogens with zero attached hydrogens (tertiary/aromatic N) is 3. The average Bonchev–Trinajstić information content (AvgIpc) is 2.96. The number of rotatable bonds is 6. The van der Waals surface area contributed by atoms with Gasteiger partial charge in [-0.3, -0.25) is 10.1 Å². The summed E-state index contributed by atoms with van der Waals surface area (Å²) in [5, 5.41) is 14.4. The zero-order chi connectivity index (χ0) is 13.0. The van der Waals surface area contributed by atoms with Gasteiger partial charge in [0.05, 0.1) is 4.92 Å². The van der Waals surface area contributed by atoms with E-state index >= 15 is 0 Å². The van der Waals surface area contributed by atoms with Crippen molar-refractivity contribution in [3.63, 3.8) is 0 Å². The second kappa shape index (κ2) is 6.10. The van der Waals surface area contributed by atoms with Crippen LogP contribution in [-0.4, -0.2) is 41.0 Å². The summed E-state index contributed by atoms with van der Waals surface area (Å²) in [6, 6.07) is 0. The van der Waals surface area contributed by atoms with E-state index in [1.807, 2.05) is 0 Å². The predicted molar refractivity (Wildman–Crippen MR) is 72.1 cm³/mol. The highest BCUT2D eigenvalue weighted by atomic mass is 32.1. The molecule has 0 radical (unpaired) electrons. The van der Waals surface area contributed by atoms with Gasteiger partial charge < -0.3 is 10.2 Å². The van der Waals surface area contributed by atoms with E-state index in [0.29, 0.717) is 11.0 Å². The lowest BCUT2D eigenvalue weighted by Crippen LogP contribution is -2.28. The van der Waals surface area contributed by atoms with E-state index in [4.69, 9.17) is 0 Å². The van der Waals surface area contributed by atoms with Crippen LogP contribution in [0.3, 0.4) is 0 Å². The van der Waals surface area contributed by atoms with E-state index < -0.39 is 4.92 Å². The molecule has 7 heteroatoms. The molecule has 2 rings (SSSR count). The van der Waals surface area contributed by atoms with Crippen LogP contribution in [0.2, 0.25) is 0 Å².